The predicted molar refractivity (Wildman–Crippen MR) is 79.3 cm³/mol. The fourth-order valence-electron chi connectivity index (χ4n) is 3.97. The molecule has 0 bridgehead atoms. The number of nitrogens with zero attached hydrogens (tertiary/aromatic N) is 2. The first-order valence-electron chi connectivity index (χ1n) is 7.71. The van der Waals surface area contributed by atoms with Gasteiger partial charge in [-0.25, -0.2) is 0 Å². The summed E-state index contributed by atoms with van der Waals surface area (Å²) in [5.74, 6) is -0.194. The summed E-state index contributed by atoms with van der Waals surface area (Å²) in [6.45, 7) is 3.14. The average Bonchev–Trinajstić information content (AvgIpc) is 2.49. The van der Waals surface area contributed by atoms with Gasteiger partial charge in [-0.15, -0.1) is 0 Å². The van der Waals surface area contributed by atoms with Gasteiger partial charge in [0.05, 0.1) is 6.04 Å². The maximum absolute atomic E-state index is 12.2. The van der Waals surface area contributed by atoms with Crippen LogP contribution in [0.2, 0.25) is 0 Å². The molecule has 2 fully saturated rings. The van der Waals surface area contributed by atoms with E-state index in [4.69, 9.17) is 10.5 Å². The molecule has 1 aromatic rings. The van der Waals surface area contributed by atoms with E-state index < -0.39 is 0 Å². The standard InChI is InChI=1S/C16H23N3O2/c17-15(20)14-16(5-9-21-10-6-16)4-2-8-19(14)12-13-3-1-7-18-11-13/h1,3,7,11,14H,2,4-6,8-10,12H2,(H2,17,20). The summed E-state index contributed by atoms with van der Waals surface area (Å²) in [5.41, 5.74) is 6.92. The molecule has 5 nitrogen and oxygen atoms in total. The number of carbonyl (C=O) groups excluding carboxylic acids is 1. The molecule has 1 amide bonds. The van der Waals surface area contributed by atoms with Gasteiger partial charge in [0.15, 0.2) is 0 Å². The van der Waals surface area contributed by atoms with Crippen molar-refractivity contribution >= 4 is 5.91 Å². The summed E-state index contributed by atoms with van der Waals surface area (Å²) in [5, 5.41) is 0. The molecule has 3 heterocycles. The molecule has 1 unspecified atom stereocenters. The molecule has 114 valence electrons. The summed E-state index contributed by atoms with van der Waals surface area (Å²) in [4.78, 5) is 18.6. The third-order valence-corrected chi connectivity index (χ3v) is 4.93. The largest absolute Gasteiger partial charge is 0.381 e. The number of likely N-dealkylation sites (tertiary alicyclic amines) is 1. The third kappa shape index (κ3) is 2.94. The van der Waals surface area contributed by atoms with Crippen LogP contribution in [0.4, 0.5) is 0 Å². The number of carbonyl (C=O) groups is 1. The minimum Gasteiger partial charge on any atom is -0.381 e. The molecule has 1 spiro atoms. The number of pyridine rings is 1. The lowest BCUT2D eigenvalue weighted by Crippen LogP contribution is -2.59. The highest BCUT2D eigenvalue weighted by Gasteiger charge is 2.48. The Hall–Kier alpha value is -1.46. The van der Waals surface area contributed by atoms with Crippen molar-refractivity contribution in [3.63, 3.8) is 0 Å². The number of aromatic nitrogens is 1. The van der Waals surface area contributed by atoms with Gasteiger partial charge in [0.2, 0.25) is 5.91 Å². The van der Waals surface area contributed by atoms with Crippen molar-refractivity contribution in [1.29, 1.82) is 0 Å². The van der Waals surface area contributed by atoms with Crippen molar-refractivity contribution in [2.24, 2.45) is 11.1 Å². The highest BCUT2D eigenvalue weighted by molar-refractivity contribution is 5.81. The second-order valence-corrected chi connectivity index (χ2v) is 6.21. The van der Waals surface area contributed by atoms with Crippen LogP contribution in [0.1, 0.15) is 31.2 Å². The molecule has 2 N–H and O–H groups in total. The summed E-state index contributed by atoms with van der Waals surface area (Å²) >= 11 is 0. The number of ether oxygens (including phenoxy) is 1. The second kappa shape index (κ2) is 6.12. The van der Waals surface area contributed by atoms with Crippen LogP contribution < -0.4 is 5.73 Å². The van der Waals surface area contributed by atoms with Gasteiger partial charge in [-0.3, -0.25) is 14.7 Å². The predicted octanol–water partition coefficient (Wildman–Crippen LogP) is 1.33. The summed E-state index contributed by atoms with van der Waals surface area (Å²) in [7, 11) is 0. The fraction of sp³-hybridized carbons (Fsp3) is 0.625. The topological polar surface area (TPSA) is 68.5 Å². The highest BCUT2D eigenvalue weighted by atomic mass is 16.5. The SMILES string of the molecule is NC(=O)C1N(Cc2cccnc2)CCCC12CCOCC2. The zero-order valence-corrected chi connectivity index (χ0v) is 12.3. The highest BCUT2D eigenvalue weighted by Crippen LogP contribution is 2.44. The lowest BCUT2D eigenvalue weighted by Gasteiger charge is -2.50. The van der Waals surface area contributed by atoms with Crippen molar-refractivity contribution in [3.05, 3.63) is 30.1 Å². The summed E-state index contributed by atoms with van der Waals surface area (Å²) < 4.78 is 5.50. The van der Waals surface area contributed by atoms with Crippen LogP contribution in [0.3, 0.4) is 0 Å². The van der Waals surface area contributed by atoms with Crippen molar-refractivity contribution in [2.75, 3.05) is 19.8 Å². The Bertz CT molecular complexity index is 480. The fourth-order valence-corrected chi connectivity index (χ4v) is 3.97. The lowest BCUT2D eigenvalue weighted by atomic mass is 9.67. The van der Waals surface area contributed by atoms with Crippen molar-refractivity contribution in [2.45, 2.75) is 38.3 Å². The van der Waals surface area contributed by atoms with Crippen LogP contribution in [-0.2, 0) is 16.1 Å². The number of nitrogens with two attached hydrogens (primary N) is 1. The van der Waals surface area contributed by atoms with Crippen molar-refractivity contribution in [1.82, 2.24) is 9.88 Å². The Morgan fingerprint density at radius 2 is 2.24 bits per heavy atom. The molecule has 2 saturated heterocycles. The molecule has 2 aliphatic heterocycles. The van der Waals surface area contributed by atoms with E-state index >= 15 is 0 Å². The van der Waals surface area contributed by atoms with Gasteiger partial charge in [0.1, 0.15) is 0 Å². The number of rotatable bonds is 3. The number of hydrogen-bond acceptors (Lipinski definition) is 4. The van der Waals surface area contributed by atoms with Crippen LogP contribution in [0.5, 0.6) is 0 Å². The van der Waals surface area contributed by atoms with Gasteiger partial charge in [0, 0.05) is 32.2 Å². The van der Waals surface area contributed by atoms with Gasteiger partial charge in [0.25, 0.3) is 0 Å². The van der Waals surface area contributed by atoms with E-state index in [1.165, 1.54) is 0 Å². The summed E-state index contributed by atoms with van der Waals surface area (Å²) in [6, 6.07) is 3.80. The van der Waals surface area contributed by atoms with E-state index in [0.29, 0.717) is 0 Å². The third-order valence-electron chi connectivity index (χ3n) is 4.93. The van der Waals surface area contributed by atoms with Crippen LogP contribution in [0.25, 0.3) is 0 Å². The van der Waals surface area contributed by atoms with Gasteiger partial charge in [-0.1, -0.05) is 6.07 Å². The Kier molecular flexibility index (Phi) is 4.22. The summed E-state index contributed by atoms with van der Waals surface area (Å²) in [6.07, 6.45) is 7.69. The first kappa shape index (κ1) is 14.5. The zero-order chi connectivity index (χ0) is 14.7. The Morgan fingerprint density at radius 3 is 2.90 bits per heavy atom. The van der Waals surface area contributed by atoms with Gasteiger partial charge in [-0.2, -0.15) is 0 Å². The molecular weight excluding hydrogens is 266 g/mol. The molecule has 21 heavy (non-hydrogen) atoms. The lowest BCUT2D eigenvalue weighted by molar-refractivity contribution is -0.138. The normalized spacial score (nSPS) is 25.8. The maximum atomic E-state index is 12.2. The molecule has 1 aromatic heterocycles. The van der Waals surface area contributed by atoms with E-state index in [2.05, 4.69) is 16.0 Å². The quantitative estimate of drug-likeness (QED) is 0.911. The Balaban J connectivity index is 1.83. The van der Waals surface area contributed by atoms with Crippen LogP contribution in [0.15, 0.2) is 24.5 Å². The molecule has 2 aliphatic rings. The zero-order valence-electron chi connectivity index (χ0n) is 12.3. The van der Waals surface area contributed by atoms with Crippen molar-refractivity contribution < 1.29 is 9.53 Å². The van der Waals surface area contributed by atoms with E-state index in [1.54, 1.807) is 6.20 Å². The second-order valence-electron chi connectivity index (χ2n) is 6.21. The number of piperidine rings is 1. The molecule has 5 heteroatoms. The Morgan fingerprint density at radius 1 is 1.43 bits per heavy atom. The van der Waals surface area contributed by atoms with E-state index in [9.17, 15) is 4.79 Å². The van der Waals surface area contributed by atoms with Crippen LogP contribution in [-0.4, -0.2) is 41.6 Å². The van der Waals surface area contributed by atoms with Crippen LogP contribution in [0, 0.1) is 5.41 Å². The number of hydrogen-bond donors (Lipinski definition) is 1. The van der Waals surface area contributed by atoms with Crippen molar-refractivity contribution in [3.8, 4) is 0 Å². The van der Waals surface area contributed by atoms with E-state index in [0.717, 1.165) is 57.6 Å². The van der Waals surface area contributed by atoms with Gasteiger partial charge in [-0.05, 0) is 49.3 Å². The van der Waals surface area contributed by atoms with Gasteiger partial charge >= 0.3 is 0 Å². The van der Waals surface area contributed by atoms with E-state index in [1.807, 2.05) is 12.3 Å². The monoisotopic (exact) mass is 289 g/mol. The molecular formula is C16H23N3O2. The average molecular weight is 289 g/mol. The molecule has 0 aliphatic carbocycles. The minimum absolute atomic E-state index is 0.00451. The van der Waals surface area contributed by atoms with E-state index in [-0.39, 0.29) is 17.4 Å². The molecule has 0 radical (unpaired) electrons. The maximum Gasteiger partial charge on any atom is 0.235 e. The molecule has 0 saturated carbocycles. The number of primary amides is 1. The molecule has 3 rings (SSSR count). The molecule has 1 atom stereocenters. The van der Waals surface area contributed by atoms with Crippen LogP contribution >= 0.6 is 0 Å². The number of amides is 1. The smallest absolute Gasteiger partial charge is 0.235 e. The first-order valence-corrected chi connectivity index (χ1v) is 7.71. The molecule has 0 aromatic carbocycles. The first-order chi connectivity index (χ1) is 10.2. The minimum atomic E-state index is -0.194. The Labute approximate surface area is 125 Å². The van der Waals surface area contributed by atoms with Gasteiger partial charge < -0.3 is 10.5 Å².